The normalized spacial score (nSPS) is 20.0. The molecule has 1 fully saturated rings. The van der Waals surface area contributed by atoms with E-state index in [1.807, 2.05) is 33.8 Å². The Hall–Kier alpha value is -2.08. The first-order valence-electron chi connectivity index (χ1n) is 7.78. The fraction of sp³-hybridized carbons (Fsp3) is 0.529. The summed E-state index contributed by atoms with van der Waals surface area (Å²) in [6, 6.07) is 5.09. The predicted octanol–water partition coefficient (Wildman–Crippen LogP) is 2.39. The Bertz CT molecular complexity index is 613. The van der Waals surface area contributed by atoms with Gasteiger partial charge in [0.1, 0.15) is 0 Å². The number of anilines is 1. The SMILES string of the molecule is CNC(=O)c1ccc(C)c(NC(=O)N2CC(C)OC(C)(C)C2)c1. The minimum absolute atomic E-state index is 0.0113. The number of hydrogen-bond donors (Lipinski definition) is 2. The monoisotopic (exact) mass is 319 g/mol. The third-order valence-electron chi connectivity index (χ3n) is 3.82. The van der Waals surface area contributed by atoms with Crippen LogP contribution in [0.25, 0.3) is 0 Å². The third kappa shape index (κ3) is 4.22. The van der Waals surface area contributed by atoms with Crippen molar-refractivity contribution in [3.63, 3.8) is 0 Å². The van der Waals surface area contributed by atoms with Gasteiger partial charge in [0.2, 0.25) is 0 Å². The van der Waals surface area contributed by atoms with Crippen LogP contribution in [-0.4, -0.2) is 48.7 Å². The van der Waals surface area contributed by atoms with E-state index in [-0.39, 0.29) is 23.6 Å². The van der Waals surface area contributed by atoms with Crippen LogP contribution in [0.15, 0.2) is 18.2 Å². The van der Waals surface area contributed by atoms with Crippen molar-refractivity contribution < 1.29 is 14.3 Å². The Morgan fingerprint density at radius 3 is 2.65 bits per heavy atom. The lowest BCUT2D eigenvalue weighted by atomic mass is 10.1. The van der Waals surface area contributed by atoms with E-state index >= 15 is 0 Å². The molecule has 1 saturated heterocycles. The Balaban J connectivity index is 2.15. The summed E-state index contributed by atoms with van der Waals surface area (Å²) >= 11 is 0. The summed E-state index contributed by atoms with van der Waals surface area (Å²) in [4.78, 5) is 26.1. The summed E-state index contributed by atoms with van der Waals surface area (Å²) in [5.74, 6) is -0.179. The zero-order valence-electron chi connectivity index (χ0n) is 14.4. The number of nitrogens with zero attached hydrogens (tertiary/aromatic N) is 1. The molecular formula is C17H25N3O3. The number of nitrogens with one attached hydrogen (secondary N) is 2. The van der Waals surface area contributed by atoms with Crippen LogP contribution in [0.5, 0.6) is 0 Å². The molecule has 0 bridgehead atoms. The van der Waals surface area contributed by atoms with Crippen LogP contribution in [0.4, 0.5) is 10.5 Å². The van der Waals surface area contributed by atoms with E-state index in [1.165, 1.54) is 0 Å². The van der Waals surface area contributed by atoms with Gasteiger partial charge in [0, 0.05) is 24.8 Å². The van der Waals surface area contributed by atoms with Gasteiger partial charge in [-0.05, 0) is 45.4 Å². The Kier molecular flexibility index (Phi) is 4.94. The molecule has 1 unspecified atom stereocenters. The first-order chi connectivity index (χ1) is 10.7. The highest BCUT2D eigenvalue weighted by Gasteiger charge is 2.33. The van der Waals surface area contributed by atoms with Crippen LogP contribution >= 0.6 is 0 Å². The van der Waals surface area contributed by atoms with Gasteiger partial charge in [0.15, 0.2) is 0 Å². The van der Waals surface area contributed by atoms with Crippen molar-refractivity contribution in [3.8, 4) is 0 Å². The fourth-order valence-electron chi connectivity index (χ4n) is 2.84. The van der Waals surface area contributed by atoms with Crippen molar-refractivity contribution in [2.24, 2.45) is 0 Å². The summed E-state index contributed by atoms with van der Waals surface area (Å²) in [7, 11) is 1.58. The molecule has 3 amide bonds. The standard InChI is InChI=1S/C17H25N3O3/c1-11-6-7-13(15(21)18-5)8-14(11)19-16(22)20-9-12(2)23-17(3,4)10-20/h6-8,12H,9-10H2,1-5H3,(H,18,21)(H,19,22). The zero-order chi connectivity index (χ0) is 17.2. The highest BCUT2D eigenvalue weighted by Crippen LogP contribution is 2.23. The lowest BCUT2D eigenvalue weighted by Crippen LogP contribution is -2.54. The number of rotatable bonds is 2. The maximum atomic E-state index is 12.6. The van der Waals surface area contributed by atoms with Crippen LogP contribution in [0.3, 0.4) is 0 Å². The average Bonchev–Trinajstić information content (AvgIpc) is 2.46. The van der Waals surface area contributed by atoms with Crippen LogP contribution in [0.2, 0.25) is 0 Å². The van der Waals surface area contributed by atoms with E-state index in [4.69, 9.17) is 4.74 Å². The van der Waals surface area contributed by atoms with Gasteiger partial charge in [-0.3, -0.25) is 4.79 Å². The van der Waals surface area contributed by atoms with E-state index in [1.54, 1.807) is 24.1 Å². The van der Waals surface area contributed by atoms with E-state index in [2.05, 4.69) is 10.6 Å². The lowest BCUT2D eigenvalue weighted by molar-refractivity contribution is -0.116. The van der Waals surface area contributed by atoms with Crippen molar-refractivity contribution in [1.29, 1.82) is 0 Å². The maximum Gasteiger partial charge on any atom is 0.322 e. The minimum Gasteiger partial charge on any atom is -0.369 e. The number of ether oxygens (including phenoxy) is 1. The van der Waals surface area contributed by atoms with Gasteiger partial charge >= 0.3 is 6.03 Å². The van der Waals surface area contributed by atoms with Crippen LogP contribution < -0.4 is 10.6 Å². The minimum atomic E-state index is -0.367. The predicted molar refractivity (Wildman–Crippen MR) is 89.8 cm³/mol. The Morgan fingerprint density at radius 2 is 2.04 bits per heavy atom. The van der Waals surface area contributed by atoms with E-state index in [9.17, 15) is 9.59 Å². The van der Waals surface area contributed by atoms with Gasteiger partial charge < -0.3 is 20.3 Å². The summed E-state index contributed by atoms with van der Waals surface area (Å²) in [6.07, 6.45) is -0.0113. The number of carbonyl (C=O) groups excluding carboxylic acids is 2. The van der Waals surface area contributed by atoms with Gasteiger partial charge in [-0.2, -0.15) is 0 Å². The maximum absolute atomic E-state index is 12.6. The summed E-state index contributed by atoms with van der Waals surface area (Å²) < 4.78 is 5.82. The molecule has 1 heterocycles. The highest BCUT2D eigenvalue weighted by molar-refractivity contribution is 5.97. The largest absolute Gasteiger partial charge is 0.369 e. The van der Waals surface area contributed by atoms with Crippen molar-refractivity contribution in [1.82, 2.24) is 10.2 Å². The van der Waals surface area contributed by atoms with Crippen molar-refractivity contribution in [2.75, 3.05) is 25.5 Å². The first kappa shape index (κ1) is 17.3. The van der Waals surface area contributed by atoms with E-state index in [0.29, 0.717) is 24.3 Å². The number of hydrogen-bond acceptors (Lipinski definition) is 3. The van der Waals surface area contributed by atoms with Crippen molar-refractivity contribution in [3.05, 3.63) is 29.3 Å². The Labute approximate surface area is 137 Å². The number of benzene rings is 1. The number of urea groups is 1. The molecule has 0 aliphatic carbocycles. The quantitative estimate of drug-likeness (QED) is 0.879. The van der Waals surface area contributed by atoms with E-state index in [0.717, 1.165) is 5.56 Å². The molecule has 2 rings (SSSR count). The van der Waals surface area contributed by atoms with Gasteiger partial charge in [0.25, 0.3) is 5.91 Å². The number of aryl methyl sites for hydroxylation is 1. The van der Waals surface area contributed by atoms with Crippen molar-refractivity contribution in [2.45, 2.75) is 39.4 Å². The van der Waals surface area contributed by atoms with Gasteiger partial charge in [0.05, 0.1) is 18.2 Å². The molecule has 126 valence electrons. The second kappa shape index (κ2) is 6.58. The molecule has 0 saturated carbocycles. The van der Waals surface area contributed by atoms with Gasteiger partial charge in [-0.1, -0.05) is 6.07 Å². The second-order valence-corrected chi connectivity index (χ2v) is 6.61. The summed E-state index contributed by atoms with van der Waals surface area (Å²) in [5.41, 5.74) is 1.71. The van der Waals surface area contributed by atoms with Gasteiger partial charge in [-0.15, -0.1) is 0 Å². The smallest absolute Gasteiger partial charge is 0.322 e. The molecular weight excluding hydrogens is 294 g/mol. The summed E-state index contributed by atoms with van der Waals surface area (Å²) in [5, 5.41) is 5.49. The number of morpholine rings is 1. The average molecular weight is 319 g/mol. The molecule has 0 spiro atoms. The van der Waals surface area contributed by atoms with Gasteiger partial charge in [-0.25, -0.2) is 4.79 Å². The molecule has 1 aromatic carbocycles. The molecule has 2 N–H and O–H groups in total. The van der Waals surface area contributed by atoms with Crippen LogP contribution in [0, 0.1) is 6.92 Å². The summed E-state index contributed by atoms with van der Waals surface area (Å²) in [6.45, 7) is 8.87. The molecule has 6 heteroatoms. The molecule has 1 aliphatic heterocycles. The fourth-order valence-corrected chi connectivity index (χ4v) is 2.84. The highest BCUT2D eigenvalue weighted by atomic mass is 16.5. The zero-order valence-corrected chi connectivity index (χ0v) is 14.4. The number of carbonyl (C=O) groups is 2. The number of amides is 3. The molecule has 1 aromatic rings. The van der Waals surface area contributed by atoms with Crippen molar-refractivity contribution >= 4 is 17.6 Å². The molecule has 1 aliphatic rings. The van der Waals surface area contributed by atoms with E-state index < -0.39 is 0 Å². The Morgan fingerprint density at radius 1 is 1.35 bits per heavy atom. The third-order valence-corrected chi connectivity index (χ3v) is 3.82. The lowest BCUT2D eigenvalue weighted by Gasteiger charge is -2.41. The molecule has 23 heavy (non-hydrogen) atoms. The topological polar surface area (TPSA) is 70.7 Å². The molecule has 0 radical (unpaired) electrons. The molecule has 1 atom stereocenters. The first-order valence-corrected chi connectivity index (χ1v) is 7.78. The van der Waals surface area contributed by atoms with Crippen LogP contribution in [-0.2, 0) is 4.74 Å². The molecule has 0 aromatic heterocycles. The second-order valence-electron chi connectivity index (χ2n) is 6.61. The van der Waals surface area contributed by atoms with Crippen LogP contribution in [0.1, 0.15) is 36.7 Å². The molecule has 6 nitrogen and oxygen atoms in total.